The molecule has 1 aromatic heterocycles. The minimum absolute atomic E-state index is 0.0361. The van der Waals surface area contributed by atoms with Gasteiger partial charge in [0.2, 0.25) is 41.4 Å². The summed E-state index contributed by atoms with van der Waals surface area (Å²) in [7, 11) is 4.34. The van der Waals surface area contributed by atoms with E-state index in [1.165, 1.54) is 36.5 Å². The van der Waals surface area contributed by atoms with E-state index in [0.717, 1.165) is 138 Å². The number of nitrogens with two attached hydrogens (primary N) is 1. The number of carbonyl (C=O) groups excluding carboxylic acids is 7. The van der Waals surface area contributed by atoms with Crippen LogP contribution in [0.25, 0.3) is 22.4 Å². The predicted octanol–water partition coefficient (Wildman–Crippen LogP) is 9.64. The van der Waals surface area contributed by atoms with E-state index in [-0.39, 0.29) is 100 Å². The molecule has 27 nitrogen and oxygen atoms in total. The molecule has 624 valence electrons. The first-order valence-corrected chi connectivity index (χ1v) is 41.9. The highest BCUT2D eigenvalue weighted by Gasteiger charge is 2.33. The zero-order valence-electron chi connectivity index (χ0n) is 70.6. The minimum atomic E-state index is -0.739. The minimum Gasteiger partial charge on any atom is -0.494 e. The molecule has 5 aliphatic rings. The van der Waals surface area contributed by atoms with E-state index in [1.807, 2.05) is 52.0 Å². The Kier molecular flexibility index (Phi) is 29.8. The first kappa shape index (κ1) is 86.5. The number of ether oxygens (including phenoxy) is 2. The summed E-state index contributed by atoms with van der Waals surface area (Å²) in [5.41, 5.74) is 27.9. The number of hydrogen-bond donors (Lipinski definition) is 5. The summed E-state index contributed by atoms with van der Waals surface area (Å²) >= 11 is 0. The smallest absolute Gasteiger partial charge is 0.243 e. The Bertz CT molecular complexity index is 4520. The van der Waals surface area contributed by atoms with Crippen molar-refractivity contribution in [2.24, 2.45) is 15.7 Å². The standard InChI is InChI=1S/C89H124N18O9/c1-13-32-102(81(110)24-19-45-115-70-22-17-21-62(49-70)76-52-64-47-63(25-28-73(64)92-76)77-53-65-48-68(26-29-74(65)93-77)100-41-37-98(11)38-42-100)58-82(111)103(33-14-2)59-83(112)104(34-15-3)60-84(113)105(35-16-4)61-85(114)106(57-79(90)108)55-67-56-107(97-96-67)36-20-31-91-80(109)23-18-46-116-86-71(88(5,6)7)50-66(51-72(86)89(8,9)10)87-94-75-30-27-69(54-78(75)95-87)101-43-39-99(12)40-44-101/h17,21-22,25-30,47-51,54,56,96-97H,13-16,18-20,23-24,31-46,52-53,55,57-61H2,1-12H3,(H2,90,108)(H,91,109)(H,94,95). The summed E-state index contributed by atoms with van der Waals surface area (Å²) in [6.07, 6.45) is 7.37. The number of likely N-dealkylation sites (N-methyl/N-ethyl adjacent to an activating group) is 2. The van der Waals surface area contributed by atoms with Gasteiger partial charge in [-0.15, -0.1) is 5.53 Å². The Hall–Kier alpha value is -10.4. The van der Waals surface area contributed by atoms with Crippen LogP contribution in [-0.4, -0.2) is 260 Å². The number of imidazole rings is 1. The van der Waals surface area contributed by atoms with Crippen molar-refractivity contribution < 1.29 is 43.0 Å². The number of rotatable bonds is 39. The fraction of sp³-hybridized carbons (Fsp3) is 0.528. The lowest BCUT2D eigenvalue weighted by Gasteiger charge is -2.34. The van der Waals surface area contributed by atoms with Crippen LogP contribution < -0.4 is 41.3 Å². The fourth-order valence-corrected chi connectivity index (χ4v) is 15.4. The number of aromatic nitrogens is 2. The number of hydrazine groups is 2. The molecule has 6 aromatic rings. The number of carbonyl (C=O) groups is 7. The molecule has 0 aliphatic carbocycles. The average Bonchev–Trinajstić information content (AvgIpc) is 1.02. The van der Waals surface area contributed by atoms with Crippen LogP contribution in [0.3, 0.4) is 0 Å². The lowest BCUT2D eigenvalue weighted by molar-refractivity contribution is -0.147. The van der Waals surface area contributed by atoms with Crippen molar-refractivity contribution in [3.63, 3.8) is 0 Å². The molecule has 116 heavy (non-hydrogen) atoms. The first-order valence-electron chi connectivity index (χ1n) is 41.9. The molecule has 0 unspecified atom stereocenters. The Morgan fingerprint density at radius 3 is 1.60 bits per heavy atom. The Labute approximate surface area is 685 Å². The van der Waals surface area contributed by atoms with E-state index in [2.05, 4.69) is 163 Å². The summed E-state index contributed by atoms with van der Waals surface area (Å²) in [5, 5.41) is 4.82. The number of fused-ring (bicyclic) bond motifs is 3. The molecule has 7 amide bonds. The van der Waals surface area contributed by atoms with E-state index in [1.54, 1.807) is 16.1 Å². The lowest BCUT2D eigenvalue weighted by Crippen LogP contribution is -2.52. The highest BCUT2D eigenvalue weighted by molar-refractivity contribution is 6.10. The number of benzene rings is 5. The third kappa shape index (κ3) is 23.3. The molecule has 0 spiro atoms. The monoisotopic (exact) mass is 1590 g/mol. The number of H-pyrrole nitrogens is 1. The number of aromatic amines is 1. The van der Waals surface area contributed by atoms with Gasteiger partial charge in [-0.05, 0) is 165 Å². The van der Waals surface area contributed by atoms with E-state index >= 15 is 0 Å². The number of anilines is 2. The lowest BCUT2D eigenvalue weighted by atomic mass is 9.78. The Morgan fingerprint density at radius 1 is 0.534 bits per heavy atom. The Morgan fingerprint density at radius 2 is 1.04 bits per heavy atom. The van der Waals surface area contributed by atoms with Crippen molar-refractivity contribution in [1.29, 1.82) is 0 Å². The van der Waals surface area contributed by atoms with E-state index in [0.29, 0.717) is 89.1 Å². The molecule has 0 saturated carbocycles. The highest BCUT2D eigenvalue weighted by Crippen LogP contribution is 2.44. The van der Waals surface area contributed by atoms with Gasteiger partial charge in [0.15, 0.2) is 0 Å². The number of nitrogens with zero attached hydrogens (tertiary/aromatic N) is 13. The van der Waals surface area contributed by atoms with Gasteiger partial charge in [0, 0.05) is 152 Å². The van der Waals surface area contributed by atoms with Crippen molar-refractivity contribution in [1.82, 2.24) is 65.6 Å². The molecule has 0 radical (unpaired) electrons. The molecule has 6 heterocycles. The molecule has 5 aliphatic heterocycles. The molecular weight excluding hydrogens is 1470 g/mol. The van der Waals surface area contributed by atoms with Crippen molar-refractivity contribution in [2.45, 2.75) is 151 Å². The maximum Gasteiger partial charge on any atom is 0.243 e. The van der Waals surface area contributed by atoms with Crippen molar-refractivity contribution in [3.8, 4) is 22.9 Å². The fourth-order valence-electron chi connectivity index (χ4n) is 15.4. The molecule has 0 atom stereocenters. The molecular formula is C89H124N18O9. The largest absolute Gasteiger partial charge is 0.494 e. The topological polar surface area (TPSA) is 286 Å². The number of primary amides is 1. The quantitative estimate of drug-likeness (QED) is 0.0224. The second-order valence-electron chi connectivity index (χ2n) is 33.6. The van der Waals surface area contributed by atoms with Crippen molar-refractivity contribution in [3.05, 3.63) is 136 Å². The van der Waals surface area contributed by atoms with Crippen LogP contribution >= 0.6 is 0 Å². The SMILES string of the molecule is CCCN(CC(=O)N(CCC)CC(=O)N(CCC)CC(=O)N(CCC)CC(=O)N(CC(N)=O)CC1=CN(CCCNC(=O)CCCOc2c(C(C)(C)C)cc(-c3nc4ccc(N5CCN(C)CC5)cc4[nH]3)cc2C(C)(C)C)NN1)C(=O)CCCOc1cccc(C2=Nc3ccc(C4=Nc5ccc(N6CCN(C)CC6)cc5C4)cc3C2)c1. The number of hydrogen-bond acceptors (Lipinski definition) is 19. The molecule has 6 N–H and O–H groups in total. The van der Waals surface area contributed by atoms with Gasteiger partial charge in [0.1, 0.15) is 17.3 Å². The van der Waals surface area contributed by atoms with Crippen molar-refractivity contribution >= 4 is 86.6 Å². The van der Waals surface area contributed by atoms with Gasteiger partial charge in [-0.1, -0.05) is 87.4 Å². The van der Waals surface area contributed by atoms with Crippen LogP contribution in [0.15, 0.2) is 113 Å². The van der Waals surface area contributed by atoms with Crippen LogP contribution in [0.2, 0.25) is 0 Å². The third-order valence-corrected chi connectivity index (χ3v) is 22.0. The third-order valence-electron chi connectivity index (χ3n) is 22.0. The zero-order valence-corrected chi connectivity index (χ0v) is 70.6. The van der Waals surface area contributed by atoms with Crippen molar-refractivity contribution in [2.75, 3.05) is 168 Å². The molecule has 2 fully saturated rings. The molecule has 5 aromatic carbocycles. The second-order valence-corrected chi connectivity index (χ2v) is 33.6. The van der Waals surface area contributed by atoms with Crippen LogP contribution in [-0.2, 0) is 57.2 Å². The number of amides is 7. The molecule has 2 saturated heterocycles. The molecule has 27 heteroatoms. The van der Waals surface area contributed by atoms with Crippen LogP contribution in [0.4, 0.5) is 22.7 Å². The zero-order chi connectivity index (χ0) is 82.8. The van der Waals surface area contributed by atoms with Gasteiger partial charge in [0.05, 0.1) is 92.0 Å². The van der Waals surface area contributed by atoms with E-state index in [9.17, 15) is 33.6 Å². The van der Waals surface area contributed by atoms with Crippen LogP contribution in [0, 0.1) is 0 Å². The van der Waals surface area contributed by atoms with E-state index < -0.39 is 30.2 Å². The van der Waals surface area contributed by atoms with Crippen LogP contribution in [0.5, 0.6) is 11.5 Å². The van der Waals surface area contributed by atoms with Gasteiger partial charge in [-0.2, -0.15) is 0 Å². The maximum absolute atomic E-state index is 14.3. The van der Waals surface area contributed by atoms with Gasteiger partial charge >= 0.3 is 0 Å². The predicted molar refractivity (Wildman–Crippen MR) is 459 cm³/mol. The van der Waals surface area contributed by atoms with Gasteiger partial charge < -0.3 is 75.0 Å². The van der Waals surface area contributed by atoms with Crippen LogP contribution in [0.1, 0.15) is 160 Å². The first-order chi connectivity index (χ1) is 55.6. The number of nitrogens with one attached hydrogen (secondary N) is 4. The maximum atomic E-state index is 14.3. The Balaban J connectivity index is 0.601. The normalized spacial score (nSPS) is 15.0. The summed E-state index contributed by atoms with van der Waals surface area (Å²) in [4.78, 5) is 132. The number of aliphatic imine (C=N–C) groups is 2. The van der Waals surface area contributed by atoms with Gasteiger partial charge in [-0.25, -0.2) is 4.98 Å². The summed E-state index contributed by atoms with van der Waals surface area (Å²) < 4.78 is 12.9. The second kappa shape index (κ2) is 40.0. The summed E-state index contributed by atoms with van der Waals surface area (Å²) in [5.74, 6) is -0.527. The highest BCUT2D eigenvalue weighted by atomic mass is 16.5. The summed E-state index contributed by atoms with van der Waals surface area (Å²) in [6, 6.07) is 31.8. The molecule has 0 bridgehead atoms. The molecule has 11 rings (SSSR count). The van der Waals surface area contributed by atoms with Gasteiger partial charge in [0.25, 0.3) is 0 Å². The number of piperazine rings is 2. The van der Waals surface area contributed by atoms with Gasteiger partial charge in [-0.3, -0.25) is 48.6 Å². The average molecular weight is 1590 g/mol. The van der Waals surface area contributed by atoms with E-state index in [4.69, 9.17) is 30.2 Å². The summed E-state index contributed by atoms with van der Waals surface area (Å²) in [6.45, 7) is 29.8.